The van der Waals surface area contributed by atoms with Crippen LogP contribution in [0.5, 0.6) is 11.6 Å². The van der Waals surface area contributed by atoms with Crippen LogP contribution in [0.2, 0.25) is 0 Å². The van der Waals surface area contributed by atoms with Crippen LogP contribution in [-0.2, 0) is 0 Å². The molecule has 31 heavy (non-hydrogen) atoms. The van der Waals surface area contributed by atoms with Crippen molar-refractivity contribution in [2.75, 3.05) is 0 Å². The molecular formula is C24H14FNO4S. The van der Waals surface area contributed by atoms with Gasteiger partial charge < -0.3 is 14.6 Å². The van der Waals surface area contributed by atoms with Gasteiger partial charge in [0, 0.05) is 21.2 Å². The Labute approximate surface area is 179 Å². The molecule has 0 aliphatic heterocycles. The van der Waals surface area contributed by atoms with Gasteiger partial charge in [-0.1, -0.05) is 24.3 Å². The summed E-state index contributed by atoms with van der Waals surface area (Å²) in [6.45, 7) is 0. The van der Waals surface area contributed by atoms with E-state index < -0.39 is 11.6 Å². The number of aromatic nitrogens is 1. The third-order valence-electron chi connectivity index (χ3n) is 4.91. The topological polar surface area (TPSA) is 83.6 Å². The summed E-state index contributed by atoms with van der Waals surface area (Å²) >= 11 is 1.21. The minimum absolute atomic E-state index is 0.00795. The van der Waals surface area contributed by atoms with Gasteiger partial charge in [-0.3, -0.25) is 4.79 Å². The van der Waals surface area contributed by atoms with Crippen molar-refractivity contribution in [1.29, 1.82) is 0 Å². The summed E-state index contributed by atoms with van der Waals surface area (Å²) in [7, 11) is 0. The van der Waals surface area contributed by atoms with Gasteiger partial charge in [0.1, 0.15) is 11.6 Å². The Morgan fingerprint density at radius 3 is 2.42 bits per heavy atom. The number of hydrogen-bond donors (Lipinski definition) is 2. The van der Waals surface area contributed by atoms with Crippen molar-refractivity contribution in [3.63, 3.8) is 0 Å². The average molecular weight is 431 g/mol. The van der Waals surface area contributed by atoms with Crippen LogP contribution in [-0.4, -0.2) is 21.0 Å². The molecule has 0 fully saturated rings. The smallest absolute Gasteiger partial charge is 0.250 e. The van der Waals surface area contributed by atoms with Gasteiger partial charge in [-0.2, -0.15) is 4.98 Å². The van der Waals surface area contributed by atoms with Gasteiger partial charge in [-0.25, -0.2) is 4.39 Å². The zero-order valence-electron chi connectivity index (χ0n) is 15.9. The number of halogens is 1. The highest BCUT2D eigenvalue weighted by atomic mass is 32.1. The van der Waals surface area contributed by atoms with Crippen molar-refractivity contribution in [1.82, 2.24) is 4.98 Å². The number of benzene rings is 3. The number of carbonyl (C=O) groups excluding carboxylic acids is 1. The molecule has 152 valence electrons. The third-order valence-corrected chi connectivity index (χ3v) is 6.06. The summed E-state index contributed by atoms with van der Waals surface area (Å²) in [6, 6.07) is 17.9. The number of aromatic hydroxyl groups is 2. The lowest BCUT2D eigenvalue weighted by atomic mass is 9.97. The monoisotopic (exact) mass is 431 g/mol. The molecular weight excluding hydrogens is 417 g/mol. The molecule has 0 amide bonds. The van der Waals surface area contributed by atoms with E-state index in [-0.39, 0.29) is 23.1 Å². The standard InChI is InChI=1S/C24H14FNO4S/c25-18-4-2-1-3-16(18)22(29)23-21(17-10-9-15(27)11-19(17)31-23)13-5-7-14(8-6-13)24-26-20(28)12-30-24/h1-12,27-28H. The van der Waals surface area contributed by atoms with E-state index in [4.69, 9.17) is 4.42 Å². The molecule has 0 saturated heterocycles. The Morgan fingerprint density at radius 1 is 0.968 bits per heavy atom. The fourth-order valence-electron chi connectivity index (χ4n) is 3.48. The Bertz CT molecular complexity index is 1440. The third kappa shape index (κ3) is 3.35. The van der Waals surface area contributed by atoms with Crippen LogP contribution >= 0.6 is 11.3 Å². The minimum Gasteiger partial charge on any atom is -0.508 e. The number of nitrogens with zero attached hydrogens (tertiary/aromatic N) is 1. The first-order valence-electron chi connectivity index (χ1n) is 9.31. The predicted molar refractivity (Wildman–Crippen MR) is 116 cm³/mol. The molecule has 5 aromatic rings. The molecule has 2 aromatic heterocycles. The lowest BCUT2D eigenvalue weighted by Gasteiger charge is -2.07. The summed E-state index contributed by atoms with van der Waals surface area (Å²) in [6.07, 6.45) is 1.15. The van der Waals surface area contributed by atoms with E-state index in [0.29, 0.717) is 16.0 Å². The van der Waals surface area contributed by atoms with Gasteiger partial charge in [0.05, 0.1) is 10.4 Å². The normalized spacial score (nSPS) is 11.1. The fraction of sp³-hybridized carbons (Fsp3) is 0. The fourth-order valence-corrected chi connectivity index (χ4v) is 4.69. The molecule has 7 heteroatoms. The molecule has 0 atom stereocenters. The maximum Gasteiger partial charge on any atom is 0.250 e. The first-order chi connectivity index (χ1) is 15.0. The number of rotatable bonds is 4. The highest BCUT2D eigenvalue weighted by molar-refractivity contribution is 7.21. The summed E-state index contributed by atoms with van der Waals surface area (Å²) in [5, 5.41) is 20.1. The molecule has 0 saturated carbocycles. The number of carbonyl (C=O) groups is 1. The molecule has 0 spiro atoms. The zero-order valence-corrected chi connectivity index (χ0v) is 16.7. The van der Waals surface area contributed by atoms with Gasteiger partial charge in [-0.15, -0.1) is 11.3 Å². The van der Waals surface area contributed by atoms with Crippen LogP contribution < -0.4 is 0 Å². The number of oxazole rings is 1. The molecule has 2 heterocycles. The van der Waals surface area contributed by atoms with Crippen LogP contribution in [0.25, 0.3) is 32.7 Å². The summed E-state index contributed by atoms with van der Waals surface area (Å²) in [5.41, 5.74) is 2.06. The molecule has 3 aromatic carbocycles. The largest absolute Gasteiger partial charge is 0.508 e. The van der Waals surface area contributed by atoms with Crippen molar-refractivity contribution in [3.05, 3.63) is 89.3 Å². The molecule has 5 nitrogen and oxygen atoms in total. The van der Waals surface area contributed by atoms with Crippen LogP contribution in [0, 0.1) is 5.82 Å². The van der Waals surface area contributed by atoms with Crippen LogP contribution in [0.1, 0.15) is 15.2 Å². The van der Waals surface area contributed by atoms with Gasteiger partial charge in [0.15, 0.2) is 6.26 Å². The quantitative estimate of drug-likeness (QED) is 0.341. The van der Waals surface area contributed by atoms with Crippen molar-refractivity contribution in [3.8, 4) is 34.2 Å². The van der Waals surface area contributed by atoms with Gasteiger partial charge in [-0.05, 0) is 48.0 Å². The van der Waals surface area contributed by atoms with E-state index >= 15 is 0 Å². The Kier molecular flexibility index (Phi) is 4.52. The summed E-state index contributed by atoms with van der Waals surface area (Å²) in [4.78, 5) is 17.5. The maximum absolute atomic E-state index is 14.3. The van der Waals surface area contributed by atoms with E-state index in [1.807, 2.05) is 12.1 Å². The highest BCUT2D eigenvalue weighted by Crippen LogP contribution is 2.42. The molecule has 0 unspecified atom stereocenters. The van der Waals surface area contributed by atoms with E-state index in [1.165, 1.54) is 29.5 Å². The van der Waals surface area contributed by atoms with Gasteiger partial charge >= 0.3 is 0 Å². The van der Waals surface area contributed by atoms with Crippen molar-refractivity contribution < 1.29 is 23.8 Å². The second-order valence-corrected chi connectivity index (χ2v) is 7.94. The second-order valence-electron chi connectivity index (χ2n) is 6.88. The molecule has 5 rings (SSSR count). The number of thiophene rings is 1. The average Bonchev–Trinajstić information content (AvgIpc) is 3.37. The SMILES string of the molecule is O=C(c1ccccc1F)c1sc2cc(O)ccc2c1-c1ccc(-c2nc(O)co2)cc1. The first-order valence-corrected chi connectivity index (χ1v) is 10.1. The number of hydrogen-bond acceptors (Lipinski definition) is 6. The molecule has 0 aliphatic rings. The van der Waals surface area contributed by atoms with E-state index in [2.05, 4.69) is 4.98 Å². The minimum atomic E-state index is -0.585. The molecule has 0 radical (unpaired) electrons. The van der Waals surface area contributed by atoms with E-state index in [0.717, 1.165) is 21.9 Å². The lowest BCUT2D eigenvalue weighted by molar-refractivity contribution is 0.103. The highest BCUT2D eigenvalue weighted by Gasteiger charge is 2.23. The number of phenols is 1. The van der Waals surface area contributed by atoms with E-state index in [1.54, 1.807) is 36.4 Å². The Morgan fingerprint density at radius 2 is 1.71 bits per heavy atom. The molecule has 2 N–H and O–H groups in total. The second kappa shape index (κ2) is 7.37. The molecule has 0 aliphatic carbocycles. The summed E-state index contributed by atoms with van der Waals surface area (Å²) < 4.78 is 20.3. The Hall–Kier alpha value is -3.97. The van der Waals surface area contributed by atoms with Crippen LogP contribution in [0.4, 0.5) is 4.39 Å². The first kappa shape index (κ1) is 19.0. The number of fused-ring (bicyclic) bond motifs is 1. The van der Waals surface area contributed by atoms with Crippen LogP contribution in [0.15, 0.2) is 77.4 Å². The maximum atomic E-state index is 14.3. The van der Waals surface area contributed by atoms with Gasteiger partial charge in [0.25, 0.3) is 5.88 Å². The Balaban J connectivity index is 1.68. The number of phenolic OH excluding ortho intramolecular Hbond substituents is 1. The van der Waals surface area contributed by atoms with E-state index in [9.17, 15) is 19.4 Å². The predicted octanol–water partition coefficient (Wildman–Crippen LogP) is 6.00. The van der Waals surface area contributed by atoms with Gasteiger partial charge in [0.2, 0.25) is 11.7 Å². The summed E-state index contributed by atoms with van der Waals surface area (Å²) in [5.74, 6) is -0.857. The van der Waals surface area contributed by atoms with Crippen molar-refractivity contribution in [2.24, 2.45) is 0 Å². The van der Waals surface area contributed by atoms with Crippen molar-refractivity contribution in [2.45, 2.75) is 0 Å². The zero-order chi connectivity index (χ0) is 21.5. The van der Waals surface area contributed by atoms with Crippen molar-refractivity contribution >= 4 is 27.2 Å². The lowest BCUT2D eigenvalue weighted by Crippen LogP contribution is -2.03. The van der Waals surface area contributed by atoms with Crippen LogP contribution in [0.3, 0.4) is 0 Å². The molecule has 0 bridgehead atoms. The number of ketones is 1.